The third kappa shape index (κ3) is 4.71. The molecule has 0 aliphatic carbocycles. The zero-order chi connectivity index (χ0) is 39.3. The first-order valence-electron chi connectivity index (χ1n) is 20.4. The van der Waals surface area contributed by atoms with Crippen LogP contribution in [0.15, 0.2) is 211 Å². The van der Waals surface area contributed by atoms with Crippen LogP contribution in [0.5, 0.6) is 0 Å². The lowest BCUT2D eigenvalue weighted by molar-refractivity contribution is 0.593. The minimum Gasteiger partial charge on any atom is -0.461 e. The van der Waals surface area contributed by atoms with E-state index >= 15 is 0 Å². The van der Waals surface area contributed by atoms with Gasteiger partial charge in [0, 0.05) is 61.8 Å². The van der Waals surface area contributed by atoms with Gasteiger partial charge in [-0.1, -0.05) is 109 Å². The highest BCUT2D eigenvalue weighted by Gasteiger charge is 2.18. The molecule has 60 heavy (non-hydrogen) atoms. The first-order valence-corrected chi connectivity index (χ1v) is 20.4. The van der Waals surface area contributed by atoms with E-state index in [4.69, 9.17) is 9.40 Å². The van der Waals surface area contributed by atoms with Gasteiger partial charge in [-0.2, -0.15) is 0 Å². The summed E-state index contributed by atoms with van der Waals surface area (Å²) in [5.41, 5.74) is 10.6. The molecule has 13 aromatic rings. The van der Waals surface area contributed by atoms with E-state index in [1.54, 1.807) is 6.26 Å². The highest BCUT2D eigenvalue weighted by Crippen LogP contribution is 2.41. The molecule has 0 radical (unpaired) electrons. The Bertz CT molecular complexity index is 3850. The van der Waals surface area contributed by atoms with Crippen molar-refractivity contribution in [1.29, 1.82) is 0 Å². The maximum Gasteiger partial charge on any atom is 0.151 e. The van der Waals surface area contributed by atoms with Gasteiger partial charge < -0.3 is 18.1 Å². The van der Waals surface area contributed by atoms with Gasteiger partial charge in [0.1, 0.15) is 6.26 Å². The minimum atomic E-state index is 0.775. The van der Waals surface area contributed by atoms with Crippen LogP contribution < -0.4 is 0 Å². The van der Waals surface area contributed by atoms with Gasteiger partial charge in [-0.25, -0.2) is 0 Å². The predicted octanol–water partition coefficient (Wildman–Crippen LogP) is 14.5. The summed E-state index contributed by atoms with van der Waals surface area (Å²) in [4.78, 5) is 5.21. The molecular formula is C55H34N4O. The largest absolute Gasteiger partial charge is 0.461 e. The molecule has 0 aliphatic heterocycles. The Morgan fingerprint density at radius 3 is 1.38 bits per heavy atom. The molecule has 0 spiro atoms. The standard InChI is InChI=1S/C55H34N4O/c1-2-13-35(14-3-1)57-29-30-60-54-34-48-47(33-53(54)57)46-32-37(59-51-22-10-6-17-42(51)43-18-7-11-23-52(43)59)25-27-39(46)38-26-24-36(31-45(38)44-19-12-28-56-55(44)48)58-49-20-8-4-15-40(49)41-16-5-9-21-50(41)58/h1-34H. The molecule has 0 atom stereocenters. The van der Waals surface area contributed by atoms with Crippen molar-refractivity contribution in [2.75, 3.05) is 0 Å². The molecule has 0 bridgehead atoms. The second-order valence-electron chi connectivity index (χ2n) is 15.6. The van der Waals surface area contributed by atoms with E-state index in [1.807, 2.05) is 18.5 Å². The monoisotopic (exact) mass is 766 g/mol. The van der Waals surface area contributed by atoms with Gasteiger partial charge >= 0.3 is 0 Å². The highest BCUT2D eigenvalue weighted by molar-refractivity contribution is 6.27. The lowest BCUT2D eigenvalue weighted by Crippen LogP contribution is -1.97. The van der Waals surface area contributed by atoms with E-state index in [1.165, 1.54) is 43.6 Å². The average Bonchev–Trinajstić information content (AvgIpc) is 3.84. The van der Waals surface area contributed by atoms with Crippen molar-refractivity contribution in [2.24, 2.45) is 0 Å². The number of para-hydroxylation sites is 5. The second kappa shape index (κ2) is 12.7. The Hall–Kier alpha value is -8.15. The molecule has 9 aromatic carbocycles. The van der Waals surface area contributed by atoms with Crippen molar-refractivity contribution < 1.29 is 4.42 Å². The van der Waals surface area contributed by atoms with Gasteiger partial charge in [0.15, 0.2) is 5.58 Å². The molecule has 0 saturated heterocycles. The zero-order valence-electron chi connectivity index (χ0n) is 32.3. The van der Waals surface area contributed by atoms with Gasteiger partial charge in [0.05, 0.1) is 33.1 Å². The van der Waals surface area contributed by atoms with Crippen LogP contribution in [0.2, 0.25) is 0 Å². The van der Waals surface area contributed by atoms with Crippen LogP contribution in [0.25, 0.3) is 115 Å². The Kier molecular flexibility index (Phi) is 6.95. The van der Waals surface area contributed by atoms with Gasteiger partial charge in [-0.15, -0.1) is 0 Å². The number of hydrogen-bond acceptors (Lipinski definition) is 2. The van der Waals surface area contributed by atoms with Crippen molar-refractivity contribution in [3.05, 3.63) is 207 Å². The number of pyridine rings is 1. The third-order valence-electron chi connectivity index (χ3n) is 12.4. The topological polar surface area (TPSA) is 40.8 Å². The maximum atomic E-state index is 6.36. The van der Waals surface area contributed by atoms with Gasteiger partial charge in [-0.05, 0) is 106 Å². The number of benzene rings is 8. The van der Waals surface area contributed by atoms with E-state index in [2.05, 4.69) is 196 Å². The molecule has 0 aliphatic rings. The van der Waals surface area contributed by atoms with Crippen LogP contribution in [0.3, 0.4) is 0 Å². The van der Waals surface area contributed by atoms with Crippen LogP contribution >= 0.6 is 0 Å². The molecule has 0 amide bonds. The molecule has 0 fully saturated rings. The second-order valence-corrected chi connectivity index (χ2v) is 15.6. The molecular weight excluding hydrogens is 733 g/mol. The first-order chi connectivity index (χ1) is 29.8. The Balaban J connectivity index is 1.22. The van der Waals surface area contributed by atoms with Crippen molar-refractivity contribution in [3.8, 4) is 17.1 Å². The zero-order valence-corrected chi connectivity index (χ0v) is 32.3. The SMILES string of the molecule is c1ccc(-n2ccoc3cc4c(cc32)c2cc(-n3c5ccccc5c5ccccc53)ccc2c2ccc(-n3c5ccccc5c5ccccc53)cc2c2cccnc24)cc1. The summed E-state index contributed by atoms with van der Waals surface area (Å²) < 4.78 is 13.4. The van der Waals surface area contributed by atoms with Crippen LogP contribution in [-0.4, -0.2) is 18.7 Å². The molecule has 0 N–H and O–H groups in total. The number of fused-ring (bicyclic) bond motifs is 15. The molecule has 4 heterocycles. The summed E-state index contributed by atoms with van der Waals surface area (Å²) in [6.07, 6.45) is 5.68. The van der Waals surface area contributed by atoms with Crippen LogP contribution in [0, 0.1) is 0 Å². The summed E-state index contributed by atoms with van der Waals surface area (Å²) >= 11 is 0. The minimum absolute atomic E-state index is 0.775. The highest BCUT2D eigenvalue weighted by atomic mass is 16.3. The van der Waals surface area contributed by atoms with E-state index in [0.29, 0.717) is 0 Å². The smallest absolute Gasteiger partial charge is 0.151 e. The summed E-state index contributed by atoms with van der Waals surface area (Å²) in [5, 5.41) is 12.7. The van der Waals surface area contributed by atoms with Crippen LogP contribution in [-0.2, 0) is 0 Å². The Morgan fingerprint density at radius 2 is 0.817 bits per heavy atom. The molecule has 5 heteroatoms. The quantitative estimate of drug-likeness (QED) is 0.180. The lowest BCUT2D eigenvalue weighted by atomic mass is 9.95. The fourth-order valence-electron chi connectivity index (χ4n) is 9.83. The number of hydrogen-bond donors (Lipinski definition) is 0. The van der Waals surface area contributed by atoms with Crippen LogP contribution in [0.4, 0.5) is 0 Å². The number of rotatable bonds is 3. The van der Waals surface area contributed by atoms with E-state index in [9.17, 15) is 0 Å². The van der Waals surface area contributed by atoms with Gasteiger partial charge in [-0.3, -0.25) is 4.98 Å². The first kappa shape index (κ1) is 32.9. The summed E-state index contributed by atoms with van der Waals surface area (Å²) in [5.74, 6) is 0. The average molecular weight is 767 g/mol. The Morgan fingerprint density at radius 1 is 0.333 bits per heavy atom. The Labute approximate surface area is 343 Å². The molecule has 4 aromatic heterocycles. The summed E-state index contributed by atoms with van der Waals surface area (Å²) in [6.45, 7) is 0. The van der Waals surface area contributed by atoms with E-state index < -0.39 is 0 Å². The van der Waals surface area contributed by atoms with E-state index in [-0.39, 0.29) is 0 Å². The summed E-state index contributed by atoms with van der Waals surface area (Å²) in [7, 11) is 0. The molecule has 0 unspecified atom stereocenters. The van der Waals surface area contributed by atoms with Gasteiger partial charge in [0.25, 0.3) is 0 Å². The molecule has 5 nitrogen and oxygen atoms in total. The van der Waals surface area contributed by atoms with Crippen LogP contribution in [0.1, 0.15) is 0 Å². The van der Waals surface area contributed by atoms with Crippen molar-refractivity contribution in [3.63, 3.8) is 0 Å². The van der Waals surface area contributed by atoms with Crippen molar-refractivity contribution in [2.45, 2.75) is 0 Å². The summed E-state index contributed by atoms with van der Waals surface area (Å²) in [6, 6.07) is 68.0. The number of nitrogens with zero attached hydrogens (tertiary/aromatic N) is 4. The normalized spacial score (nSPS) is 12.0. The third-order valence-corrected chi connectivity index (χ3v) is 12.4. The molecule has 280 valence electrons. The molecule has 13 rings (SSSR count). The number of aromatic nitrogens is 4. The van der Waals surface area contributed by atoms with Gasteiger partial charge in [0.2, 0.25) is 0 Å². The fourth-order valence-corrected chi connectivity index (χ4v) is 9.83. The fraction of sp³-hybridized carbons (Fsp3) is 0. The van der Waals surface area contributed by atoms with E-state index in [0.717, 1.165) is 71.4 Å². The lowest BCUT2D eigenvalue weighted by Gasteiger charge is -2.16. The van der Waals surface area contributed by atoms with Crippen molar-refractivity contribution in [1.82, 2.24) is 18.7 Å². The van der Waals surface area contributed by atoms with Crippen molar-refractivity contribution >= 4 is 97.9 Å². The maximum absolute atomic E-state index is 6.36. The predicted molar refractivity (Wildman–Crippen MR) is 250 cm³/mol. The molecule has 0 saturated carbocycles.